The van der Waals surface area contributed by atoms with Crippen LogP contribution in [0.15, 0.2) is 0 Å². The molecule has 1 fully saturated rings. The highest BCUT2D eigenvalue weighted by molar-refractivity contribution is 5.85. The number of nitrogens with zero attached hydrogens (tertiary/aromatic N) is 2. The monoisotopic (exact) mass is 283 g/mol. The highest BCUT2D eigenvalue weighted by atomic mass is 16.2. The van der Waals surface area contributed by atoms with Gasteiger partial charge in [-0.1, -0.05) is 13.8 Å². The van der Waals surface area contributed by atoms with E-state index in [0.29, 0.717) is 12.5 Å². The van der Waals surface area contributed by atoms with Gasteiger partial charge in [-0.25, -0.2) is 0 Å². The van der Waals surface area contributed by atoms with Crippen molar-refractivity contribution in [1.29, 1.82) is 0 Å². The molecule has 0 radical (unpaired) electrons. The minimum atomic E-state index is -0.0275. The molecule has 0 aromatic carbocycles. The largest absolute Gasteiger partial charge is 0.347 e. The lowest BCUT2D eigenvalue weighted by atomic mass is 9.79. The third kappa shape index (κ3) is 4.47. The normalized spacial score (nSPS) is 26.1. The molecule has 3 atom stereocenters. The van der Waals surface area contributed by atoms with E-state index in [0.717, 1.165) is 25.7 Å². The van der Waals surface area contributed by atoms with Crippen molar-refractivity contribution in [2.45, 2.75) is 45.6 Å². The molecule has 116 valence electrons. The fraction of sp³-hybridized carbons (Fsp3) is 0.867. The lowest BCUT2D eigenvalue weighted by molar-refractivity contribution is -0.143. The van der Waals surface area contributed by atoms with Crippen LogP contribution in [0.4, 0.5) is 0 Å². The second-order valence-electron chi connectivity index (χ2n) is 6.20. The summed E-state index contributed by atoms with van der Waals surface area (Å²) in [5, 5.41) is 0. The van der Waals surface area contributed by atoms with Crippen LogP contribution in [0.3, 0.4) is 0 Å². The van der Waals surface area contributed by atoms with Crippen molar-refractivity contribution in [3.8, 4) is 0 Å². The molecule has 0 aliphatic heterocycles. The van der Waals surface area contributed by atoms with Crippen LogP contribution in [0.1, 0.15) is 39.5 Å². The summed E-state index contributed by atoms with van der Waals surface area (Å²) in [5.74, 6) is 0.550. The number of likely N-dealkylation sites (N-methyl/N-ethyl adjacent to an activating group) is 1. The van der Waals surface area contributed by atoms with Crippen molar-refractivity contribution < 1.29 is 9.59 Å². The molecule has 1 rings (SSSR count). The van der Waals surface area contributed by atoms with Gasteiger partial charge < -0.3 is 15.5 Å². The molecule has 5 nitrogen and oxygen atoms in total. The van der Waals surface area contributed by atoms with Crippen LogP contribution in [0.25, 0.3) is 0 Å². The molecule has 0 heterocycles. The Balaban J connectivity index is 2.66. The van der Waals surface area contributed by atoms with E-state index in [1.807, 2.05) is 6.92 Å². The predicted octanol–water partition coefficient (Wildman–Crippen LogP) is 1.08. The molecule has 1 aliphatic carbocycles. The van der Waals surface area contributed by atoms with E-state index >= 15 is 0 Å². The molecule has 0 aromatic heterocycles. The lowest BCUT2D eigenvalue weighted by Gasteiger charge is -2.34. The van der Waals surface area contributed by atoms with E-state index < -0.39 is 0 Å². The number of carbonyl (C=O) groups excluding carboxylic acids is 2. The third-order valence-corrected chi connectivity index (χ3v) is 4.24. The maximum Gasteiger partial charge on any atom is 0.241 e. The van der Waals surface area contributed by atoms with Crippen molar-refractivity contribution in [3.05, 3.63) is 0 Å². The van der Waals surface area contributed by atoms with Crippen molar-refractivity contribution in [3.63, 3.8) is 0 Å². The topological polar surface area (TPSA) is 66.6 Å². The van der Waals surface area contributed by atoms with Gasteiger partial charge >= 0.3 is 0 Å². The summed E-state index contributed by atoms with van der Waals surface area (Å²) < 4.78 is 0. The summed E-state index contributed by atoms with van der Waals surface area (Å²) in [5.41, 5.74) is 6.08. The molecule has 1 aliphatic rings. The van der Waals surface area contributed by atoms with Gasteiger partial charge in [-0.15, -0.1) is 0 Å². The van der Waals surface area contributed by atoms with Gasteiger partial charge in [0.2, 0.25) is 11.8 Å². The Morgan fingerprint density at radius 3 is 2.40 bits per heavy atom. The van der Waals surface area contributed by atoms with Gasteiger partial charge in [0, 0.05) is 32.6 Å². The van der Waals surface area contributed by atoms with Crippen LogP contribution < -0.4 is 5.73 Å². The fourth-order valence-electron chi connectivity index (χ4n) is 2.68. The zero-order valence-electron chi connectivity index (χ0n) is 13.3. The predicted molar refractivity (Wildman–Crippen MR) is 80.0 cm³/mol. The number of hydrogen-bond donors (Lipinski definition) is 1. The van der Waals surface area contributed by atoms with Crippen molar-refractivity contribution >= 4 is 11.8 Å². The van der Waals surface area contributed by atoms with Gasteiger partial charge in [0.25, 0.3) is 0 Å². The molecule has 0 spiro atoms. The van der Waals surface area contributed by atoms with Gasteiger partial charge in [0.1, 0.15) is 0 Å². The Kier molecular flexibility index (Phi) is 6.46. The second-order valence-corrected chi connectivity index (χ2v) is 6.20. The number of carbonyl (C=O) groups is 2. The van der Waals surface area contributed by atoms with E-state index in [2.05, 4.69) is 6.92 Å². The van der Waals surface area contributed by atoms with Crippen LogP contribution in [0.5, 0.6) is 0 Å². The molecule has 2 amide bonds. The maximum atomic E-state index is 12.6. The summed E-state index contributed by atoms with van der Waals surface area (Å²) in [4.78, 5) is 27.7. The Morgan fingerprint density at radius 2 is 1.90 bits per heavy atom. The standard InChI is InChI=1S/C15H29N3O2/c1-5-8-18(10-14(19)17(3)4)15(20)12-7-6-11(2)13(16)9-12/h11-13H,5-10,16H2,1-4H3. The van der Waals surface area contributed by atoms with Crippen LogP contribution in [-0.4, -0.2) is 54.8 Å². The molecule has 2 N–H and O–H groups in total. The fourth-order valence-corrected chi connectivity index (χ4v) is 2.68. The quantitative estimate of drug-likeness (QED) is 0.821. The first-order chi connectivity index (χ1) is 9.36. The van der Waals surface area contributed by atoms with Crippen LogP contribution in [0.2, 0.25) is 0 Å². The first-order valence-corrected chi connectivity index (χ1v) is 7.61. The third-order valence-electron chi connectivity index (χ3n) is 4.24. The zero-order chi connectivity index (χ0) is 15.3. The van der Waals surface area contributed by atoms with Crippen LogP contribution in [0, 0.1) is 11.8 Å². The Morgan fingerprint density at radius 1 is 1.25 bits per heavy atom. The highest BCUT2D eigenvalue weighted by Crippen LogP contribution is 2.29. The molecule has 0 aromatic rings. The Hall–Kier alpha value is -1.10. The number of amides is 2. The first-order valence-electron chi connectivity index (χ1n) is 7.61. The molecule has 20 heavy (non-hydrogen) atoms. The lowest BCUT2D eigenvalue weighted by Crippen LogP contribution is -2.46. The summed E-state index contributed by atoms with van der Waals surface area (Å²) in [6.07, 6.45) is 3.50. The van der Waals surface area contributed by atoms with Crippen LogP contribution in [-0.2, 0) is 9.59 Å². The summed E-state index contributed by atoms with van der Waals surface area (Å²) in [6.45, 7) is 4.99. The highest BCUT2D eigenvalue weighted by Gasteiger charge is 2.32. The molecular formula is C15H29N3O2. The Labute approximate surface area is 122 Å². The van der Waals surface area contributed by atoms with Gasteiger partial charge in [0.05, 0.1) is 6.54 Å². The molecule has 1 saturated carbocycles. The van der Waals surface area contributed by atoms with Gasteiger partial charge in [-0.3, -0.25) is 9.59 Å². The van der Waals surface area contributed by atoms with E-state index in [9.17, 15) is 9.59 Å². The number of hydrogen-bond acceptors (Lipinski definition) is 3. The van der Waals surface area contributed by atoms with Crippen LogP contribution >= 0.6 is 0 Å². The van der Waals surface area contributed by atoms with E-state index in [1.54, 1.807) is 19.0 Å². The van der Waals surface area contributed by atoms with Gasteiger partial charge in [-0.05, 0) is 31.6 Å². The number of nitrogens with two attached hydrogens (primary N) is 1. The average molecular weight is 283 g/mol. The Bertz CT molecular complexity index is 344. The van der Waals surface area contributed by atoms with Gasteiger partial charge in [0.15, 0.2) is 0 Å². The SMILES string of the molecule is CCCN(CC(=O)N(C)C)C(=O)C1CCC(C)C(N)C1. The van der Waals surface area contributed by atoms with Crippen molar-refractivity contribution in [2.75, 3.05) is 27.2 Å². The molecule has 3 unspecified atom stereocenters. The van der Waals surface area contributed by atoms with E-state index in [4.69, 9.17) is 5.73 Å². The summed E-state index contributed by atoms with van der Waals surface area (Å²) in [6, 6.07) is 0.103. The maximum absolute atomic E-state index is 12.6. The van der Waals surface area contributed by atoms with E-state index in [1.165, 1.54) is 4.90 Å². The molecule has 5 heteroatoms. The van der Waals surface area contributed by atoms with E-state index in [-0.39, 0.29) is 30.3 Å². The van der Waals surface area contributed by atoms with Crippen molar-refractivity contribution in [2.24, 2.45) is 17.6 Å². The molecule has 0 bridgehead atoms. The first kappa shape index (κ1) is 17.0. The smallest absolute Gasteiger partial charge is 0.241 e. The van der Waals surface area contributed by atoms with Crippen molar-refractivity contribution in [1.82, 2.24) is 9.80 Å². The second kappa shape index (κ2) is 7.62. The molecular weight excluding hydrogens is 254 g/mol. The summed E-state index contributed by atoms with van der Waals surface area (Å²) >= 11 is 0. The molecule has 0 saturated heterocycles. The minimum Gasteiger partial charge on any atom is -0.347 e. The summed E-state index contributed by atoms with van der Waals surface area (Å²) in [7, 11) is 3.43. The van der Waals surface area contributed by atoms with Gasteiger partial charge in [-0.2, -0.15) is 0 Å². The minimum absolute atomic E-state index is 0.0114. The zero-order valence-corrected chi connectivity index (χ0v) is 13.3. The number of rotatable bonds is 5. The average Bonchev–Trinajstić information content (AvgIpc) is 2.40.